The summed E-state index contributed by atoms with van der Waals surface area (Å²) < 4.78 is 0. The van der Waals surface area contributed by atoms with Crippen LogP contribution in [0, 0.1) is 0 Å². The van der Waals surface area contributed by atoms with Gasteiger partial charge in [-0.05, 0) is 23.8 Å². The van der Waals surface area contributed by atoms with Gasteiger partial charge in [-0.15, -0.1) is 0 Å². The number of benzene rings is 1. The average Bonchev–Trinajstić information content (AvgIpc) is 2.35. The zero-order valence-corrected chi connectivity index (χ0v) is 10.1. The fourth-order valence-corrected chi connectivity index (χ4v) is 1.69. The summed E-state index contributed by atoms with van der Waals surface area (Å²) in [5, 5.41) is 4.44. The summed E-state index contributed by atoms with van der Waals surface area (Å²) in [4.78, 5) is 14.9. The van der Waals surface area contributed by atoms with Crippen molar-refractivity contribution in [1.29, 1.82) is 0 Å². The minimum Gasteiger partial charge on any atom is -0.310 e. The minimum atomic E-state index is 0.473. The average molecular weight is 228 g/mol. The van der Waals surface area contributed by atoms with Gasteiger partial charge in [-0.1, -0.05) is 26.0 Å². The van der Waals surface area contributed by atoms with Crippen molar-refractivity contribution >= 4 is 17.2 Å². The zero-order valence-electron chi connectivity index (χ0n) is 10.1. The lowest BCUT2D eigenvalue weighted by Crippen LogP contribution is -2.21. The Morgan fingerprint density at radius 3 is 2.82 bits per heavy atom. The van der Waals surface area contributed by atoms with Crippen LogP contribution in [0.2, 0.25) is 0 Å². The number of fused-ring (bicyclic) bond motifs is 1. The molecular formula is C14H16N2O. The highest BCUT2D eigenvalue weighted by molar-refractivity contribution is 5.83. The van der Waals surface area contributed by atoms with Crippen molar-refractivity contribution in [2.24, 2.45) is 0 Å². The normalized spacial score (nSPS) is 11.0. The maximum atomic E-state index is 10.6. The van der Waals surface area contributed by atoms with E-state index in [4.69, 9.17) is 0 Å². The molecule has 3 nitrogen and oxygen atoms in total. The molecule has 1 N–H and O–H groups in total. The van der Waals surface area contributed by atoms with Gasteiger partial charge in [0.15, 0.2) is 6.29 Å². The Balaban J connectivity index is 2.28. The number of aromatic nitrogens is 1. The van der Waals surface area contributed by atoms with Gasteiger partial charge in [-0.2, -0.15) is 0 Å². The maximum Gasteiger partial charge on any atom is 0.168 e. The molecule has 1 aromatic carbocycles. The lowest BCUT2D eigenvalue weighted by Gasteiger charge is -2.08. The summed E-state index contributed by atoms with van der Waals surface area (Å²) in [5.74, 6) is 0. The second-order valence-electron chi connectivity index (χ2n) is 4.42. The number of rotatable bonds is 4. The third-order valence-electron chi connectivity index (χ3n) is 2.61. The van der Waals surface area contributed by atoms with Crippen molar-refractivity contribution in [3.63, 3.8) is 0 Å². The third-order valence-corrected chi connectivity index (χ3v) is 2.61. The van der Waals surface area contributed by atoms with E-state index in [1.165, 1.54) is 5.56 Å². The Hall–Kier alpha value is -1.74. The molecule has 0 saturated carbocycles. The Bertz CT molecular complexity index is 535. The Labute approximate surface area is 101 Å². The van der Waals surface area contributed by atoms with E-state index in [-0.39, 0.29) is 0 Å². The van der Waals surface area contributed by atoms with Crippen molar-refractivity contribution in [2.75, 3.05) is 0 Å². The van der Waals surface area contributed by atoms with E-state index in [0.717, 1.165) is 23.7 Å². The fourth-order valence-electron chi connectivity index (χ4n) is 1.69. The molecule has 0 spiro atoms. The van der Waals surface area contributed by atoms with Gasteiger partial charge in [-0.3, -0.25) is 4.79 Å². The van der Waals surface area contributed by atoms with Crippen LogP contribution >= 0.6 is 0 Å². The number of hydrogen-bond acceptors (Lipinski definition) is 3. The Kier molecular flexibility index (Phi) is 3.49. The van der Waals surface area contributed by atoms with Crippen molar-refractivity contribution in [1.82, 2.24) is 10.3 Å². The van der Waals surface area contributed by atoms with Crippen LogP contribution < -0.4 is 5.32 Å². The van der Waals surface area contributed by atoms with Gasteiger partial charge in [0.2, 0.25) is 0 Å². The standard InChI is InChI=1S/C14H16N2O/c1-10(2)15-8-11-3-6-14-12(7-11)4-5-13(9-17)16-14/h3-7,9-10,15H,8H2,1-2H3. The molecule has 88 valence electrons. The SMILES string of the molecule is CC(C)NCc1ccc2nc(C=O)ccc2c1. The molecule has 0 fully saturated rings. The first kappa shape index (κ1) is 11.7. The van der Waals surface area contributed by atoms with Crippen LogP contribution in [0.1, 0.15) is 29.9 Å². The topological polar surface area (TPSA) is 42.0 Å². The molecule has 2 aromatic rings. The number of pyridine rings is 1. The number of aldehydes is 1. The van der Waals surface area contributed by atoms with E-state index in [1.54, 1.807) is 6.07 Å². The lowest BCUT2D eigenvalue weighted by molar-refractivity contribution is 0.111. The van der Waals surface area contributed by atoms with Gasteiger partial charge >= 0.3 is 0 Å². The second kappa shape index (κ2) is 5.06. The highest BCUT2D eigenvalue weighted by Gasteiger charge is 2.00. The van der Waals surface area contributed by atoms with Gasteiger partial charge in [-0.25, -0.2) is 4.98 Å². The highest BCUT2D eigenvalue weighted by Crippen LogP contribution is 2.14. The first-order chi connectivity index (χ1) is 8.19. The van der Waals surface area contributed by atoms with Gasteiger partial charge < -0.3 is 5.32 Å². The van der Waals surface area contributed by atoms with Crippen molar-refractivity contribution in [3.8, 4) is 0 Å². The van der Waals surface area contributed by atoms with Crippen molar-refractivity contribution < 1.29 is 4.79 Å². The molecule has 2 rings (SSSR count). The summed E-state index contributed by atoms with van der Waals surface area (Å²) in [5.41, 5.74) is 2.57. The molecule has 0 amide bonds. The first-order valence-electron chi connectivity index (χ1n) is 5.77. The number of nitrogens with one attached hydrogen (secondary N) is 1. The van der Waals surface area contributed by atoms with Crippen LogP contribution in [0.3, 0.4) is 0 Å². The lowest BCUT2D eigenvalue weighted by atomic mass is 10.1. The van der Waals surface area contributed by atoms with Crippen molar-refractivity contribution in [3.05, 3.63) is 41.6 Å². The molecule has 0 bridgehead atoms. The van der Waals surface area contributed by atoms with Gasteiger partial charge in [0.25, 0.3) is 0 Å². The number of carbonyl (C=O) groups excluding carboxylic acids is 1. The molecule has 0 aliphatic heterocycles. The monoisotopic (exact) mass is 228 g/mol. The zero-order chi connectivity index (χ0) is 12.3. The highest BCUT2D eigenvalue weighted by atomic mass is 16.1. The molecule has 3 heteroatoms. The molecule has 0 radical (unpaired) electrons. The molecule has 1 aromatic heterocycles. The molecule has 0 unspecified atom stereocenters. The first-order valence-corrected chi connectivity index (χ1v) is 5.77. The predicted octanol–water partition coefficient (Wildman–Crippen LogP) is 2.55. The molecule has 0 aliphatic rings. The smallest absolute Gasteiger partial charge is 0.168 e. The fraction of sp³-hybridized carbons (Fsp3) is 0.286. The summed E-state index contributed by atoms with van der Waals surface area (Å²) >= 11 is 0. The van der Waals surface area contributed by atoms with E-state index < -0.39 is 0 Å². The van der Waals surface area contributed by atoms with Crippen LogP contribution in [-0.2, 0) is 6.54 Å². The molecule has 17 heavy (non-hydrogen) atoms. The van der Waals surface area contributed by atoms with E-state index in [0.29, 0.717) is 11.7 Å². The quantitative estimate of drug-likeness (QED) is 0.818. The molecular weight excluding hydrogens is 212 g/mol. The summed E-state index contributed by atoms with van der Waals surface area (Å²) in [6.45, 7) is 5.10. The molecule has 0 atom stereocenters. The van der Waals surface area contributed by atoms with E-state index in [2.05, 4.69) is 30.2 Å². The van der Waals surface area contributed by atoms with Crippen LogP contribution in [0.15, 0.2) is 30.3 Å². The maximum absolute atomic E-state index is 10.6. The third kappa shape index (κ3) is 2.88. The van der Waals surface area contributed by atoms with Gasteiger partial charge in [0.05, 0.1) is 5.52 Å². The molecule has 0 aliphatic carbocycles. The Morgan fingerprint density at radius 1 is 1.29 bits per heavy atom. The van der Waals surface area contributed by atoms with E-state index in [1.807, 2.05) is 18.2 Å². The van der Waals surface area contributed by atoms with Gasteiger partial charge in [0, 0.05) is 18.0 Å². The van der Waals surface area contributed by atoms with Crippen LogP contribution in [0.5, 0.6) is 0 Å². The molecule has 1 heterocycles. The summed E-state index contributed by atoms with van der Waals surface area (Å²) in [6, 6.07) is 10.3. The van der Waals surface area contributed by atoms with Gasteiger partial charge in [0.1, 0.15) is 5.69 Å². The van der Waals surface area contributed by atoms with Crippen LogP contribution in [0.4, 0.5) is 0 Å². The van der Waals surface area contributed by atoms with Crippen LogP contribution in [-0.4, -0.2) is 17.3 Å². The predicted molar refractivity (Wildman–Crippen MR) is 69.1 cm³/mol. The largest absolute Gasteiger partial charge is 0.310 e. The van der Waals surface area contributed by atoms with Crippen LogP contribution in [0.25, 0.3) is 10.9 Å². The second-order valence-corrected chi connectivity index (χ2v) is 4.42. The summed E-state index contributed by atoms with van der Waals surface area (Å²) in [6.07, 6.45) is 0.771. The number of nitrogens with zero attached hydrogens (tertiary/aromatic N) is 1. The number of hydrogen-bond donors (Lipinski definition) is 1. The number of carbonyl (C=O) groups is 1. The Morgan fingerprint density at radius 2 is 2.12 bits per heavy atom. The minimum absolute atomic E-state index is 0.473. The van der Waals surface area contributed by atoms with E-state index in [9.17, 15) is 4.79 Å². The van der Waals surface area contributed by atoms with Crippen molar-refractivity contribution in [2.45, 2.75) is 26.4 Å². The molecule has 0 saturated heterocycles. The van der Waals surface area contributed by atoms with E-state index >= 15 is 0 Å². The summed E-state index contributed by atoms with van der Waals surface area (Å²) in [7, 11) is 0.